The first-order chi connectivity index (χ1) is 17.7. The number of hydrogen-bond donors (Lipinski definition) is 4. The topological polar surface area (TPSA) is 164 Å². The lowest BCUT2D eigenvalue weighted by molar-refractivity contribution is 0.0663. The number of fused-ring (bicyclic) bond motifs is 1. The largest absolute Gasteiger partial charge is 0.393 e. The van der Waals surface area contributed by atoms with Gasteiger partial charge in [0.1, 0.15) is 18.2 Å². The summed E-state index contributed by atoms with van der Waals surface area (Å²) >= 11 is 1.38. The molecule has 0 aromatic carbocycles. The van der Waals surface area contributed by atoms with Crippen LogP contribution in [0.1, 0.15) is 55.9 Å². The van der Waals surface area contributed by atoms with Gasteiger partial charge in [-0.2, -0.15) is 13.1 Å². The second kappa shape index (κ2) is 10.5. The lowest BCUT2D eigenvalue weighted by Crippen LogP contribution is -2.32. The number of hydrogen-bond acceptors (Lipinski definition) is 10. The first-order valence-electron chi connectivity index (χ1n) is 11.9. The summed E-state index contributed by atoms with van der Waals surface area (Å²) in [6.45, 7) is 2.45. The van der Waals surface area contributed by atoms with Gasteiger partial charge in [0.2, 0.25) is 5.78 Å². The number of rotatable bonds is 8. The second-order valence-corrected chi connectivity index (χ2v) is 11.7. The Hall–Kier alpha value is -2.81. The van der Waals surface area contributed by atoms with E-state index in [0.29, 0.717) is 35.7 Å². The fourth-order valence-electron chi connectivity index (χ4n) is 4.96. The first-order valence-corrected chi connectivity index (χ1v) is 14.1. The number of aliphatic hydroxyl groups excluding tert-OH is 1. The Bertz CT molecular complexity index is 1410. The highest BCUT2D eigenvalue weighted by atomic mass is 32.2. The lowest BCUT2D eigenvalue weighted by atomic mass is 9.98. The van der Waals surface area contributed by atoms with Gasteiger partial charge in [-0.15, -0.1) is 11.3 Å². The van der Waals surface area contributed by atoms with Gasteiger partial charge in [-0.25, -0.2) is 9.97 Å². The van der Waals surface area contributed by atoms with E-state index in [-0.39, 0.29) is 24.5 Å². The van der Waals surface area contributed by atoms with Crippen LogP contribution in [0.2, 0.25) is 0 Å². The molecule has 1 fully saturated rings. The first kappa shape index (κ1) is 25.8. The summed E-state index contributed by atoms with van der Waals surface area (Å²) in [5.74, 6) is -0.286. The maximum Gasteiger partial charge on any atom is 0.333 e. The highest BCUT2D eigenvalue weighted by Gasteiger charge is 2.34. The van der Waals surface area contributed by atoms with Gasteiger partial charge < -0.3 is 15.2 Å². The Labute approximate surface area is 218 Å². The molecular formula is C24H27N5O6S2. The van der Waals surface area contributed by atoms with Crippen LogP contribution in [-0.4, -0.2) is 64.1 Å². The molecule has 0 saturated heterocycles. The third-order valence-electron chi connectivity index (χ3n) is 6.78. The number of aromatic nitrogens is 3. The second-order valence-electron chi connectivity index (χ2n) is 9.25. The quantitative estimate of drug-likeness (QED) is 0.243. The molecular weight excluding hydrogens is 518 g/mol. The van der Waals surface area contributed by atoms with Crippen LogP contribution in [0.3, 0.4) is 0 Å². The van der Waals surface area contributed by atoms with E-state index in [0.717, 1.165) is 28.1 Å². The van der Waals surface area contributed by atoms with Gasteiger partial charge >= 0.3 is 10.3 Å². The number of aryl methyl sites for hydroxylation is 1. The van der Waals surface area contributed by atoms with Crippen LogP contribution in [0.5, 0.6) is 0 Å². The minimum atomic E-state index is -4.34. The molecule has 4 atom stereocenters. The van der Waals surface area contributed by atoms with Crippen molar-refractivity contribution in [1.82, 2.24) is 19.7 Å². The number of aliphatic hydroxyl groups is 1. The molecule has 5 rings (SSSR count). The number of carbonyl (C=O) groups is 1. The molecule has 0 spiro atoms. The molecule has 3 aromatic rings. The SMILES string of the molecule is Cc1sc(C(=O)c2cncnc2N[C@@H]2C[C@H](CNS(=O)(=O)O)[C@@H](O)C2)cc1[C@@H]1OCCc2cccnc21. The number of ether oxygens (including phenoxy) is 1. The number of nitrogens with one attached hydrogen (secondary N) is 2. The Morgan fingerprint density at radius 1 is 1.30 bits per heavy atom. The molecule has 0 amide bonds. The molecule has 196 valence electrons. The van der Waals surface area contributed by atoms with Gasteiger partial charge in [0.25, 0.3) is 0 Å². The van der Waals surface area contributed by atoms with E-state index in [1.54, 1.807) is 6.20 Å². The van der Waals surface area contributed by atoms with Crippen LogP contribution in [0, 0.1) is 12.8 Å². The number of pyridine rings is 1. The Morgan fingerprint density at radius 2 is 2.14 bits per heavy atom. The van der Waals surface area contributed by atoms with Crippen molar-refractivity contribution < 1.29 is 27.6 Å². The van der Waals surface area contributed by atoms with Crippen molar-refractivity contribution in [2.75, 3.05) is 18.5 Å². The van der Waals surface area contributed by atoms with Crippen molar-refractivity contribution >= 4 is 33.2 Å². The van der Waals surface area contributed by atoms with E-state index in [4.69, 9.17) is 9.29 Å². The van der Waals surface area contributed by atoms with Crippen molar-refractivity contribution in [3.8, 4) is 0 Å². The van der Waals surface area contributed by atoms with Crippen molar-refractivity contribution in [1.29, 1.82) is 0 Å². The third-order valence-corrected chi connectivity index (χ3v) is 8.37. The molecule has 2 aliphatic rings. The van der Waals surface area contributed by atoms with Gasteiger partial charge in [-0.3, -0.25) is 14.3 Å². The van der Waals surface area contributed by atoms with Crippen molar-refractivity contribution in [2.45, 2.75) is 44.4 Å². The summed E-state index contributed by atoms with van der Waals surface area (Å²) in [5, 5.41) is 13.6. The molecule has 1 aliphatic heterocycles. The molecule has 1 aliphatic carbocycles. The van der Waals surface area contributed by atoms with E-state index in [1.807, 2.05) is 29.8 Å². The monoisotopic (exact) mass is 545 g/mol. The summed E-state index contributed by atoms with van der Waals surface area (Å²) in [4.78, 5) is 27.9. The predicted molar refractivity (Wildman–Crippen MR) is 136 cm³/mol. The standard InChI is InChI=1S/C24H27N5O6S2/c1-13-17(23-21-14(4-6-35-23)3-2-5-26-21)9-20(36-13)22(31)18-11-25-12-27-24(18)29-16-7-15(19(30)8-16)10-28-37(32,33)34/h2-3,5,9,11-12,15-16,19,23,28,30H,4,6-8,10H2,1H3,(H,25,27,29)(H,32,33,34)/t15-,16-,19+,23+/m1/s1. The molecule has 0 bridgehead atoms. The van der Waals surface area contributed by atoms with Crippen LogP contribution in [-0.2, 0) is 21.5 Å². The molecule has 0 radical (unpaired) electrons. The maximum atomic E-state index is 13.6. The van der Waals surface area contributed by atoms with Crippen LogP contribution >= 0.6 is 11.3 Å². The van der Waals surface area contributed by atoms with E-state index in [1.165, 1.54) is 23.9 Å². The highest BCUT2D eigenvalue weighted by molar-refractivity contribution is 7.83. The minimum Gasteiger partial charge on any atom is -0.393 e. The Morgan fingerprint density at radius 3 is 2.95 bits per heavy atom. The average Bonchev–Trinajstić information content (AvgIpc) is 3.43. The van der Waals surface area contributed by atoms with Gasteiger partial charge in [-0.05, 0) is 43.9 Å². The summed E-state index contributed by atoms with van der Waals surface area (Å²) in [5.41, 5.74) is 3.22. The van der Waals surface area contributed by atoms with Gasteiger partial charge in [0, 0.05) is 41.3 Å². The van der Waals surface area contributed by atoms with Crippen molar-refractivity contribution in [2.24, 2.45) is 5.92 Å². The molecule has 37 heavy (non-hydrogen) atoms. The normalized spacial score (nSPS) is 23.5. The number of anilines is 1. The zero-order valence-corrected chi connectivity index (χ0v) is 21.6. The fraction of sp³-hybridized carbons (Fsp3) is 0.417. The van der Waals surface area contributed by atoms with Crippen molar-refractivity contribution in [3.63, 3.8) is 0 Å². The Balaban J connectivity index is 1.34. The van der Waals surface area contributed by atoms with Crippen LogP contribution in [0.15, 0.2) is 36.9 Å². The van der Waals surface area contributed by atoms with E-state index in [9.17, 15) is 18.3 Å². The fourth-order valence-corrected chi connectivity index (χ4v) is 6.39. The molecule has 13 heteroatoms. The Kier molecular flexibility index (Phi) is 7.34. The van der Waals surface area contributed by atoms with E-state index >= 15 is 0 Å². The maximum absolute atomic E-state index is 13.6. The molecule has 11 nitrogen and oxygen atoms in total. The third kappa shape index (κ3) is 5.71. The predicted octanol–water partition coefficient (Wildman–Crippen LogP) is 2.08. The van der Waals surface area contributed by atoms with Gasteiger partial charge in [0.15, 0.2) is 0 Å². The summed E-state index contributed by atoms with van der Waals surface area (Å²) < 4.78 is 39.0. The molecule has 4 heterocycles. The highest BCUT2D eigenvalue weighted by Crippen LogP contribution is 2.37. The zero-order valence-electron chi connectivity index (χ0n) is 20.0. The van der Waals surface area contributed by atoms with E-state index < -0.39 is 22.3 Å². The molecule has 1 saturated carbocycles. The van der Waals surface area contributed by atoms with Crippen LogP contribution < -0.4 is 10.0 Å². The molecule has 3 aromatic heterocycles. The minimum absolute atomic E-state index is 0.0911. The summed E-state index contributed by atoms with van der Waals surface area (Å²) in [6, 6.07) is 5.57. The number of ketones is 1. The van der Waals surface area contributed by atoms with Gasteiger partial charge in [0.05, 0.1) is 28.8 Å². The van der Waals surface area contributed by atoms with Crippen LogP contribution in [0.4, 0.5) is 5.82 Å². The number of nitrogens with zero attached hydrogens (tertiary/aromatic N) is 3. The molecule has 0 unspecified atom stereocenters. The average molecular weight is 546 g/mol. The van der Waals surface area contributed by atoms with E-state index in [2.05, 4.69) is 20.3 Å². The van der Waals surface area contributed by atoms with Crippen molar-refractivity contribution in [3.05, 3.63) is 69.1 Å². The summed E-state index contributed by atoms with van der Waals surface area (Å²) in [7, 11) is -4.34. The number of thiophene rings is 1. The molecule has 4 N–H and O–H groups in total. The van der Waals surface area contributed by atoms with Crippen LogP contribution in [0.25, 0.3) is 0 Å². The zero-order chi connectivity index (χ0) is 26.2. The lowest BCUT2D eigenvalue weighted by Gasteiger charge is -2.25. The smallest absolute Gasteiger partial charge is 0.333 e. The van der Waals surface area contributed by atoms with Gasteiger partial charge in [-0.1, -0.05) is 6.07 Å². The summed E-state index contributed by atoms with van der Waals surface area (Å²) in [6.07, 6.45) is 5.00. The number of carbonyl (C=O) groups excluding carboxylic acids is 1.